The largest absolute Gasteiger partial charge is 0.471 e. The molecule has 0 spiro atoms. The van der Waals surface area contributed by atoms with Crippen LogP contribution in [-0.4, -0.2) is 53.1 Å². The van der Waals surface area contributed by atoms with Crippen molar-refractivity contribution in [1.29, 1.82) is 0 Å². The van der Waals surface area contributed by atoms with Gasteiger partial charge in [0.05, 0.1) is 0 Å². The van der Waals surface area contributed by atoms with E-state index in [9.17, 15) is 18.0 Å². The van der Waals surface area contributed by atoms with Gasteiger partial charge in [0.15, 0.2) is 0 Å². The van der Waals surface area contributed by atoms with Crippen LogP contribution in [0.2, 0.25) is 0 Å². The molecule has 164 valence electrons. The number of rotatable bonds is 3. The van der Waals surface area contributed by atoms with Crippen LogP contribution in [-0.2, 0) is 4.79 Å². The van der Waals surface area contributed by atoms with Crippen molar-refractivity contribution < 1.29 is 18.0 Å². The number of amides is 1. The number of thiophene rings is 1. The summed E-state index contributed by atoms with van der Waals surface area (Å²) in [5.41, 5.74) is 6.06. The van der Waals surface area contributed by atoms with Crippen LogP contribution in [0, 0.1) is 0 Å². The minimum atomic E-state index is -4.82. The normalized spacial score (nSPS) is 14.8. The predicted molar refractivity (Wildman–Crippen MR) is 120 cm³/mol. The number of anilines is 1. The van der Waals surface area contributed by atoms with Gasteiger partial charge in [0, 0.05) is 55.2 Å². The molecule has 0 saturated carbocycles. The Morgan fingerprint density at radius 1 is 0.969 bits per heavy atom. The average Bonchev–Trinajstić information content (AvgIpc) is 3.48. The van der Waals surface area contributed by atoms with Crippen LogP contribution in [0.3, 0.4) is 0 Å². The summed E-state index contributed by atoms with van der Waals surface area (Å²) < 4.78 is 38.0. The zero-order chi connectivity index (χ0) is 22.3. The molecule has 1 fully saturated rings. The Kier molecular flexibility index (Phi) is 5.13. The van der Waals surface area contributed by atoms with Crippen molar-refractivity contribution in [1.82, 2.24) is 14.9 Å². The molecule has 0 radical (unpaired) electrons. The molecule has 1 saturated heterocycles. The zero-order valence-corrected chi connectivity index (χ0v) is 17.7. The maximum absolute atomic E-state index is 12.7. The molecular weight excluding hydrogens is 437 g/mol. The summed E-state index contributed by atoms with van der Waals surface area (Å²) in [6.45, 7) is 0.831. The highest BCUT2D eigenvalue weighted by Gasteiger charge is 2.43. The summed E-state index contributed by atoms with van der Waals surface area (Å²) in [7, 11) is 0. The summed E-state index contributed by atoms with van der Waals surface area (Å²) >= 11 is 1.65. The highest BCUT2D eigenvalue weighted by Crippen LogP contribution is 2.37. The molecule has 4 heterocycles. The fourth-order valence-corrected chi connectivity index (χ4v) is 4.80. The van der Waals surface area contributed by atoms with E-state index in [1.54, 1.807) is 17.5 Å². The van der Waals surface area contributed by atoms with Crippen molar-refractivity contribution >= 4 is 34.0 Å². The first-order chi connectivity index (χ1) is 15.4. The van der Waals surface area contributed by atoms with Crippen LogP contribution in [0.5, 0.6) is 0 Å². The molecule has 0 aliphatic carbocycles. The van der Waals surface area contributed by atoms with Gasteiger partial charge >= 0.3 is 12.1 Å². The predicted octanol–water partition coefficient (Wildman–Crippen LogP) is 5.17. The molecule has 3 aromatic heterocycles. The van der Waals surface area contributed by atoms with Gasteiger partial charge in [0.2, 0.25) is 0 Å². The average molecular weight is 456 g/mol. The highest BCUT2D eigenvalue weighted by molar-refractivity contribution is 7.08. The molecule has 4 aromatic rings. The van der Waals surface area contributed by atoms with Gasteiger partial charge in [0.25, 0.3) is 0 Å². The summed E-state index contributed by atoms with van der Waals surface area (Å²) in [4.78, 5) is 22.0. The van der Waals surface area contributed by atoms with E-state index in [2.05, 4.69) is 21.4 Å². The maximum Gasteiger partial charge on any atom is 0.471 e. The second kappa shape index (κ2) is 7.98. The van der Waals surface area contributed by atoms with E-state index in [1.807, 2.05) is 46.8 Å². The number of carbonyl (C=O) groups is 1. The lowest BCUT2D eigenvalue weighted by molar-refractivity contribution is -0.185. The van der Waals surface area contributed by atoms with Gasteiger partial charge in [-0.25, -0.2) is 4.98 Å². The number of alkyl halides is 3. The Bertz CT molecular complexity index is 1240. The van der Waals surface area contributed by atoms with Crippen molar-refractivity contribution in [3.8, 4) is 22.3 Å². The van der Waals surface area contributed by atoms with Crippen molar-refractivity contribution in [2.24, 2.45) is 0 Å². The van der Waals surface area contributed by atoms with Crippen molar-refractivity contribution in [2.45, 2.75) is 6.18 Å². The van der Waals surface area contributed by atoms with Gasteiger partial charge in [-0.1, -0.05) is 12.1 Å². The van der Waals surface area contributed by atoms with Crippen molar-refractivity contribution in [2.75, 3.05) is 31.1 Å². The van der Waals surface area contributed by atoms with Gasteiger partial charge in [-0.05, 0) is 51.7 Å². The van der Waals surface area contributed by atoms with Crippen LogP contribution in [0.1, 0.15) is 0 Å². The van der Waals surface area contributed by atoms with E-state index >= 15 is 0 Å². The lowest BCUT2D eigenvalue weighted by Crippen LogP contribution is -2.52. The second-order valence-electron chi connectivity index (χ2n) is 7.62. The molecule has 1 aliphatic rings. The maximum atomic E-state index is 12.7. The molecule has 0 unspecified atom stereocenters. The van der Waals surface area contributed by atoms with Crippen LogP contribution >= 0.6 is 11.3 Å². The van der Waals surface area contributed by atoms with Crippen LogP contribution < -0.4 is 4.90 Å². The fourth-order valence-electron chi connectivity index (χ4n) is 4.14. The Hall–Kier alpha value is -3.33. The Labute approximate surface area is 186 Å². The topological polar surface area (TPSA) is 52.2 Å². The minimum absolute atomic E-state index is 0.0538. The number of nitrogens with zero attached hydrogens (tertiary/aromatic N) is 3. The van der Waals surface area contributed by atoms with Gasteiger partial charge in [0.1, 0.15) is 5.65 Å². The number of aromatic nitrogens is 2. The number of pyridine rings is 1. The summed E-state index contributed by atoms with van der Waals surface area (Å²) in [6, 6.07) is 12.1. The van der Waals surface area contributed by atoms with Gasteiger partial charge in [-0.15, -0.1) is 0 Å². The zero-order valence-electron chi connectivity index (χ0n) is 16.9. The molecule has 1 amide bonds. The molecule has 5 rings (SSSR count). The smallest absolute Gasteiger partial charge is 0.368 e. The minimum Gasteiger partial charge on any atom is -0.368 e. The molecule has 0 atom stereocenters. The molecule has 32 heavy (non-hydrogen) atoms. The summed E-state index contributed by atoms with van der Waals surface area (Å²) in [6.07, 6.45) is -1.08. The Morgan fingerprint density at radius 3 is 2.38 bits per heavy atom. The number of fused-ring (bicyclic) bond motifs is 1. The number of hydrogen-bond donors (Lipinski definition) is 1. The van der Waals surface area contributed by atoms with E-state index < -0.39 is 12.1 Å². The van der Waals surface area contributed by atoms with E-state index in [-0.39, 0.29) is 13.1 Å². The third-order valence-electron chi connectivity index (χ3n) is 5.76. The number of H-pyrrole nitrogens is 1. The fraction of sp³-hybridized carbons (Fsp3) is 0.217. The SMILES string of the molecule is O=C(N1CCN(c2ccc(-c3c[nH]c4nccc(-c5ccsc5)c34)cc2)CC1)C(F)(F)F. The number of halogens is 3. The monoisotopic (exact) mass is 456 g/mol. The lowest BCUT2D eigenvalue weighted by Gasteiger charge is -2.36. The van der Waals surface area contributed by atoms with Crippen molar-refractivity contribution in [3.63, 3.8) is 0 Å². The lowest BCUT2D eigenvalue weighted by atomic mass is 9.99. The molecule has 5 nitrogen and oxygen atoms in total. The number of hydrogen-bond acceptors (Lipinski definition) is 4. The molecule has 1 aliphatic heterocycles. The Balaban J connectivity index is 1.38. The van der Waals surface area contributed by atoms with Crippen molar-refractivity contribution in [3.05, 3.63) is 59.6 Å². The first kappa shape index (κ1) is 20.6. The third kappa shape index (κ3) is 3.73. The van der Waals surface area contributed by atoms with E-state index in [0.29, 0.717) is 13.1 Å². The number of piperazine rings is 1. The first-order valence-electron chi connectivity index (χ1n) is 10.1. The molecule has 9 heteroatoms. The molecule has 1 aromatic carbocycles. The van der Waals surface area contributed by atoms with Gasteiger partial charge < -0.3 is 14.8 Å². The summed E-state index contributed by atoms with van der Waals surface area (Å²) in [5, 5.41) is 5.21. The third-order valence-corrected chi connectivity index (χ3v) is 6.44. The quantitative estimate of drug-likeness (QED) is 0.463. The standard InChI is InChI=1S/C23H19F3N4OS/c24-23(25,26)22(31)30-10-8-29(9-11-30)17-3-1-15(2-4-17)19-13-28-21-20(19)18(5-7-27-21)16-6-12-32-14-16/h1-7,12-14H,8-11H2,(H,27,28). The Morgan fingerprint density at radius 2 is 1.72 bits per heavy atom. The first-order valence-corrected chi connectivity index (χ1v) is 11.1. The molecular formula is C23H19F3N4OS. The van der Waals surface area contributed by atoms with E-state index in [0.717, 1.165) is 43.9 Å². The van der Waals surface area contributed by atoms with Gasteiger partial charge in [-0.3, -0.25) is 4.79 Å². The van der Waals surface area contributed by atoms with E-state index in [1.165, 1.54) is 0 Å². The molecule has 0 bridgehead atoms. The highest BCUT2D eigenvalue weighted by atomic mass is 32.1. The number of nitrogens with one attached hydrogen (secondary N) is 1. The van der Waals surface area contributed by atoms with Crippen LogP contribution in [0.15, 0.2) is 59.6 Å². The van der Waals surface area contributed by atoms with E-state index in [4.69, 9.17) is 0 Å². The van der Waals surface area contributed by atoms with Gasteiger partial charge in [-0.2, -0.15) is 24.5 Å². The van der Waals surface area contributed by atoms with Crippen LogP contribution in [0.25, 0.3) is 33.3 Å². The number of carbonyl (C=O) groups excluding carboxylic acids is 1. The number of benzene rings is 1. The summed E-state index contributed by atoms with van der Waals surface area (Å²) in [5.74, 6) is -1.76. The van der Waals surface area contributed by atoms with Crippen LogP contribution in [0.4, 0.5) is 18.9 Å². The number of aromatic amines is 1. The second-order valence-corrected chi connectivity index (χ2v) is 8.40. The molecule has 1 N–H and O–H groups in total.